The van der Waals surface area contributed by atoms with Crippen molar-refractivity contribution in [2.75, 3.05) is 0 Å². The van der Waals surface area contributed by atoms with Gasteiger partial charge in [-0.25, -0.2) is 4.98 Å². The summed E-state index contributed by atoms with van der Waals surface area (Å²) in [6.45, 7) is 0.400. The van der Waals surface area contributed by atoms with E-state index < -0.39 is 0 Å². The van der Waals surface area contributed by atoms with Gasteiger partial charge in [-0.3, -0.25) is 0 Å². The molecule has 0 radical (unpaired) electrons. The van der Waals surface area contributed by atoms with Crippen LogP contribution in [0.2, 0.25) is 0 Å². The van der Waals surface area contributed by atoms with Crippen LogP contribution in [0, 0.1) is 0 Å². The van der Waals surface area contributed by atoms with E-state index in [9.17, 15) is 0 Å². The van der Waals surface area contributed by atoms with Crippen LogP contribution < -0.4 is 5.73 Å². The van der Waals surface area contributed by atoms with Gasteiger partial charge in [0.15, 0.2) is 0 Å². The SMILES string of the molecule is NCc1coc(-c2cccc(Br)c2)n1. The standard InChI is InChI=1S/C10H9BrN2O/c11-8-3-1-2-7(4-8)10-13-9(5-12)6-14-10/h1-4,6H,5,12H2. The van der Waals surface area contributed by atoms with Gasteiger partial charge in [-0.1, -0.05) is 22.0 Å². The van der Waals surface area contributed by atoms with E-state index in [-0.39, 0.29) is 0 Å². The predicted molar refractivity (Wildman–Crippen MR) is 57.5 cm³/mol. The highest BCUT2D eigenvalue weighted by Crippen LogP contribution is 2.21. The Morgan fingerprint density at radius 3 is 2.93 bits per heavy atom. The van der Waals surface area contributed by atoms with Crippen LogP contribution in [0.5, 0.6) is 0 Å². The summed E-state index contributed by atoms with van der Waals surface area (Å²) in [4.78, 5) is 4.23. The summed E-state index contributed by atoms with van der Waals surface area (Å²) >= 11 is 3.39. The minimum Gasteiger partial charge on any atom is -0.444 e. The maximum absolute atomic E-state index is 5.44. The Labute approximate surface area is 90.1 Å². The molecule has 0 saturated heterocycles. The van der Waals surface area contributed by atoms with E-state index in [1.807, 2.05) is 24.3 Å². The van der Waals surface area contributed by atoms with Crippen molar-refractivity contribution >= 4 is 15.9 Å². The predicted octanol–water partition coefficient (Wildman–Crippen LogP) is 2.56. The summed E-state index contributed by atoms with van der Waals surface area (Å²) in [6, 6.07) is 7.78. The quantitative estimate of drug-likeness (QED) is 0.894. The summed E-state index contributed by atoms with van der Waals surface area (Å²) in [5.74, 6) is 0.603. The van der Waals surface area contributed by atoms with Crippen molar-refractivity contribution in [3.63, 3.8) is 0 Å². The van der Waals surface area contributed by atoms with Gasteiger partial charge < -0.3 is 10.2 Å². The average Bonchev–Trinajstić information content (AvgIpc) is 2.66. The van der Waals surface area contributed by atoms with E-state index in [0.717, 1.165) is 15.7 Å². The van der Waals surface area contributed by atoms with Crippen molar-refractivity contribution in [1.82, 2.24) is 4.98 Å². The Hall–Kier alpha value is -1.13. The number of nitrogens with zero attached hydrogens (tertiary/aromatic N) is 1. The Bertz CT molecular complexity index is 439. The number of oxazole rings is 1. The maximum Gasteiger partial charge on any atom is 0.226 e. The average molecular weight is 253 g/mol. The molecule has 1 heterocycles. The molecule has 14 heavy (non-hydrogen) atoms. The molecule has 1 aromatic carbocycles. The highest BCUT2D eigenvalue weighted by atomic mass is 79.9. The summed E-state index contributed by atoms with van der Waals surface area (Å²) in [5, 5.41) is 0. The zero-order valence-corrected chi connectivity index (χ0v) is 8.99. The number of nitrogens with two attached hydrogens (primary N) is 1. The van der Waals surface area contributed by atoms with E-state index in [1.54, 1.807) is 6.26 Å². The Morgan fingerprint density at radius 1 is 1.43 bits per heavy atom. The molecule has 0 spiro atoms. The molecule has 2 N–H and O–H groups in total. The van der Waals surface area contributed by atoms with Crippen LogP contribution in [0.25, 0.3) is 11.5 Å². The summed E-state index contributed by atoms with van der Waals surface area (Å²) in [6.07, 6.45) is 1.58. The van der Waals surface area contributed by atoms with Gasteiger partial charge in [0.05, 0.1) is 5.69 Å². The zero-order valence-electron chi connectivity index (χ0n) is 7.40. The second-order valence-corrected chi connectivity index (χ2v) is 3.77. The highest BCUT2D eigenvalue weighted by Gasteiger charge is 2.05. The lowest BCUT2D eigenvalue weighted by Crippen LogP contribution is -1.95. The third kappa shape index (κ3) is 1.86. The van der Waals surface area contributed by atoms with E-state index >= 15 is 0 Å². The van der Waals surface area contributed by atoms with Crippen molar-refractivity contribution in [2.24, 2.45) is 5.73 Å². The maximum atomic E-state index is 5.44. The first kappa shape index (κ1) is 9.43. The Morgan fingerprint density at radius 2 is 2.29 bits per heavy atom. The monoisotopic (exact) mass is 252 g/mol. The number of rotatable bonds is 2. The first-order chi connectivity index (χ1) is 6.79. The lowest BCUT2D eigenvalue weighted by Gasteiger charge is -1.94. The summed E-state index contributed by atoms with van der Waals surface area (Å²) in [7, 11) is 0. The van der Waals surface area contributed by atoms with E-state index in [2.05, 4.69) is 20.9 Å². The Kier molecular flexibility index (Phi) is 2.65. The van der Waals surface area contributed by atoms with Gasteiger partial charge in [0, 0.05) is 16.6 Å². The number of hydrogen-bond acceptors (Lipinski definition) is 3. The van der Waals surface area contributed by atoms with Crippen LogP contribution in [-0.4, -0.2) is 4.98 Å². The van der Waals surface area contributed by atoms with Crippen LogP contribution in [0.15, 0.2) is 39.4 Å². The molecule has 2 aromatic rings. The molecule has 0 aliphatic heterocycles. The fourth-order valence-corrected chi connectivity index (χ4v) is 1.55. The van der Waals surface area contributed by atoms with Crippen LogP contribution in [0.4, 0.5) is 0 Å². The second kappa shape index (κ2) is 3.94. The largest absolute Gasteiger partial charge is 0.444 e. The van der Waals surface area contributed by atoms with Crippen LogP contribution in [-0.2, 0) is 6.54 Å². The Balaban J connectivity index is 2.39. The van der Waals surface area contributed by atoms with Gasteiger partial charge in [-0.2, -0.15) is 0 Å². The van der Waals surface area contributed by atoms with Crippen molar-refractivity contribution in [1.29, 1.82) is 0 Å². The third-order valence-electron chi connectivity index (χ3n) is 1.83. The molecule has 0 amide bonds. The number of hydrogen-bond donors (Lipinski definition) is 1. The van der Waals surface area contributed by atoms with Gasteiger partial charge in [-0.05, 0) is 18.2 Å². The van der Waals surface area contributed by atoms with Crippen molar-refractivity contribution < 1.29 is 4.42 Å². The third-order valence-corrected chi connectivity index (χ3v) is 2.33. The minimum atomic E-state index is 0.400. The zero-order chi connectivity index (χ0) is 9.97. The second-order valence-electron chi connectivity index (χ2n) is 2.86. The number of halogens is 1. The van der Waals surface area contributed by atoms with Gasteiger partial charge in [0.2, 0.25) is 5.89 Å². The molecule has 0 aliphatic carbocycles. The minimum absolute atomic E-state index is 0.400. The van der Waals surface area contributed by atoms with Crippen molar-refractivity contribution in [3.8, 4) is 11.5 Å². The van der Waals surface area contributed by atoms with E-state index in [1.165, 1.54) is 0 Å². The van der Waals surface area contributed by atoms with E-state index in [0.29, 0.717) is 12.4 Å². The van der Waals surface area contributed by atoms with E-state index in [4.69, 9.17) is 10.2 Å². The summed E-state index contributed by atoms with van der Waals surface area (Å²) < 4.78 is 6.29. The number of benzene rings is 1. The smallest absolute Gasteiger partial charge is 0.226 e. The van der Waals surface area contributed by atoms with Crippen molar-refractivity contribution in [2.45, 2.75) is 6.54 Å². The molecule has 0 fully saturated rings. The number of aromatic nitrogens is 1. The molecular formula is C10H9BrN2O. The van der Waals surface area contributed by atoms with Gasteiger partial charge in [0.25, 0.3) is 0 Å². The molecule has 1 aromatic heterocycles. The van der Waals surface area contributed by atoms with Crippen molar-refractivity contribution in [3.05, 3.63) is 40.7 Å². The summed E-state index contributed by atoms with van der Waals surface area (Å²) in [5.41, 5.74) is 7.15. The first-order valence-electron chi connectivity index (χ1n) is 4.20. The molecule has 4 heteroatoms. The van der Waals surface area contributed by atoms with Gasteiger partial charge in [0.1, 0.15) is 6.26 Å². The fraction of sp³-hybridized carbons (Fsp3) is 0.100. The molecule has 0 aliphatic rings. The molecule has 0 saturated carbocycles. The molecule has 72 valence electrons. The molecular weight excluding hydrogens is 244 g/mol. The lowest BCUT2D eigenvalue weighted by atomic mass is 10.2. The lowest BCUT2D eigenvalue weighted by molar-refractivity contribution is 0.572. The molecule has 0 unspecified atom stereocenters. The normalized spacial score (nSPS) is 10.4. The molecule has 3 nitrogen and oxygen atoms in total. The van der Waals surface area contributed by atoms with Crippen LogP contribution in [0.1, 0.15) is 5.69 Å². The first-order valence-corrected chi connectivity index (χ1v) is 4.99. The highest BCUT2D eigenvalue weighted by molar-refractivity contribution is 9.10. The fourth-order valence-electron chi connectivity index (χ4n) is 1.15. The van der Waals surface area contributed by atoms with Crippen LogP contribution >= 0.6 is 15.9 Å². The topological polar surface area (TPSA) is 52.0 Å². The molecule has 0 bridgehead atoms. The van der Waals surface area contributed by atoms with Gasteiger partial charge >= 0.3 is 0 Å². The van der Waals surface area contributed by atoms with Crippen LogP contribution in [0.3, 0.4) is 0 Å². The molecule has 2 rings (SSSR count). The van der Waals surface area contributed by atoms with Gasteiger partial charge in [-0.15, -0.1) is 0 Å². The molecule has 0 atom stereocenters.